The molecule has 1 N–H and O–H groups in total. The molecule has 0 atom stereocenters. The minimum Gasteiger partial charge on any atom is -0.336 e. The SMILES string of the molecule is CCn1cnc(S(=O)(=O)Nc2cnccc2Cl)c1. The summed E-state index contributed by atoms with van der Waals surface area (Å²) in [6, 6.07) is 1.50. The zero-order chi connectivity index (χ0) is 13.2. The summed E-state index contributed by atoms with van der Waals surface area (Å²) < 4.78 is 28.0. The molecule has 0 bridgehead atoms. The fraction of sp³-hybridized carbons (Fsp3) is 0.200. The largest absolute Gasteiger partial charge is 0.336 e. The second kappa shape index (κ2) is 4.95. The lowest BCUT2D eigenvalue weighted by molar-refractivity contribution is 0.598. The van der Waals surface area contributed by atoms with Crippen LogP contribution in [0.5, 0.6) is 0 Å². The number of nitrogens with one attached hydrogen (secondary N) is 1. The molecule has 2 aromatic rings. The topological polar surface area (TPSA) is 76.9 Å². The maximum Gasteiger partial charge on any atom is 0.281 e. The Morgan fingerprint density at radius 3 is 2.89 bits per heavy atom. The summed E-state index contributed by atoms with van der Waals surface area (Å²) in [6.07, 6.45) is 5.73. The summed E-state index contributed by atoms with van der Waals surface area (Å²) >= 11 is 5.86. The van der Waals surface area contributed by atoms with Crippen LogP contribution in [0.25, 0.3) is 0 Å². The van der Waals surface area contributed by atoms with Crippen LogP contribution in [0.15, 0.2) is 36.0 Å². The third-order valence-corrected chi connectivity index (χ3v) is 3.84. The maximum absolute atomic E-state index is 12.0. The summed E-state index contributed by atoms with van der Waals surface area (Å²) in [4.78, 5) is 7.64. The first-order chi connectivity index (χ1) is 8.53. The van der Waals surface area contributed by atoms with E-state index in [4.69, 9.17) is 11.6 Å². The van der Waals surface area contributed by atoms with Crippen molar-refractivity contribution < 1.29 is 8.42 Å². The molecular formula is C10H11ClN4O2S. The molecule has 0 fully saturated rings. The van der Waals surface area contributed by atoms with Crippen LogP contribution in [0.1, 0.15) is 6.92 Å². The molecule has 0 amide bonds. The van der Waals surface area contributed by atoms with Gasteiger partial charge in [0.05, 0.1) is 23.2 Å². The molecule has 8 heteroatoms. The van der Waals surface area contributed by atoms with Crippen molar-refractivity contribution in [3.63, 3.8) is 0 Å². The number of nitrogens with zero attached hydrogens (tertiary/aromatic N) is 3. The zero-order valence-corrected chi connectivity index (χ0v) is 11.1. The van der Waals surface area contributed by atoms with Gasteiger partial charge in [-0.05, 0) is 13.0 Å². The van der Waals surface area contributed by atoms with Gasteiger partial charge in [-0.1, -0.05) is 11.6 Å². The van der Waals surface area contributed by atoms with Crippen LogP contribution in [-0.4, -0.2) is 23.0 Å². The average Bonchev–Trinajstić information content (AvgIpc) is 2.81. The molecule has 2 aromatic heterocycles. The molecule has 0 aliphatic carbocycles. The van der Waals surface area contributed by atoms with E-state index < -0.39 is 10.0 Å². The van der Waals surface area contributed by atoms with Crippen LogP contribution in [0.2, 0.25) is 5.02 Å². The molecule has 0 saturated heterocycles. The summed E-state index contributed by atoms with van der Waals surface area (Å²) in [5.41, 5.74) is 0.227. The Hall–Kier alpha value is -1.60. The standard InChI is InChI=1S/C10H11ClN4O2S/c1-2-15-6-10(13-7-15)18(16,17)14-9-5-12-4-3-8(9)11/h3-7,14H,2H2,1H3. The number of aromatic nitrogens is 3. The summed E-state index contributed by atoms with van der Waals surface area (Å²) in [5.74, 6) is 0. The number of aryl methyl sites for hydroxylation is 1. The number of pyridine rings is 1. The lowest BCUT2D eigenvalue weighted by Gasteiger charge is -2.06. The molecular weight excluding hydrogens is 276 g/mol. The highest BCUT2D eigenvalue weighted by atomic mass is 35.5. The molecule has 0 spiro atoms. The van der Waals surface area contributed by atoms with Crippen LogP contribution < -0.4 is 4.72 Å². The average molecular weight is 287 g/mol. The van der Waals surface area contributed by atoms with Crippen LogP contribution in [0, 0.1) is 0 Å². The highest BCUT2D eigenvalue weighted by Crippen LogP contribution is 2.22. The molecule has 0 aliphatic heterocycles. The third-order valence-electron chi connectivity index (χ3n) is 2.26. The normalized spacial score (nSPS) is 11.4. The lowest BCUT2D eigenvalue weighted by Crippen LogP contribution is -2.13. The van der Waals surface area contributed by atoms with Crippen LogP contribution in [0.3, 0.4) is 0 Å². The molecule has 0 saturated carbocycles. The van der Waals surface area contributed by atoms with Crippen LogP contribution in [0.4, 0.5) is 5.69 Å². The smallest absolute Gasteiger partial charge is 0.281 e. The van der Waals surface area contributed by atoms with Crippen molar-refractivity contribution in [3.05, 3.63) is 36.0 Å². The van der Waals surface area contributed by atoms with Crippen molar-refractivity contribution in [2.24, 2.45) is 0 Å². The summed E-state index contributed by atoms with van der Waals surface area (Å²) in [6.45, 7) is 2.54. The molecule has 18 heavy (non-hydrogen) atoms. The Kier molecular flexibility index (Phi) is 3.53. The second-order valence-corrected chi connectivity index (χ2v) is 5.54. The first-order valence-corrected chi connectivity index (χ1v) is 7.03. The summed E-state index contributed by atoms with van der Waals surface area (Å²) in [5, 5.41) is 0.229. The molecule has 96 valence electrons. The van der Waals surface area contributed by atoms with Crippen LogP contribution in [-0.2, 0) is 16.6 Å². The number of hydrogen-bond acceptors (Lipinski definition) is 4. The Morgan fingerprint density at radius 2 is 2.28 bits per heavy atom. The Bertz CT molecular complexity index is 653. The van der Waals surface area contributed by atoms with Crippen molar-refractivity contribution in [2.45, 2.75) is 18.5 Å². The molecule has 2 rings (SSSR count). The van der Waals surface area contributed by atoms with Gasteiger partial charge in [0.15, 0.2) is 5.03 Å². The number of halogens is 1. The predicted octanol–water partition coefficient (Wildman–Crippen LogP) is 1.75. The van der Waals surface area contributed by atoms with E-state index in [0.29, 0.717) is 6.54 Å². The van der Waals surface area contributed by atoms with Gasteiger partial charge in [0.2, 0.25) is 0 Å². The summed E-state index contributed by atoms with van der Waals surface area (Å²) in [7, 11) is -3.73. The first-order valence-electron chi connectivity index (χ1n) is 5.17. The van der Waals surface area contributed by atoms with E-state index in [0.717, 1.165) is 0 Å². The van der Waals surface area contributed by atoms with Gasteiger partial charge in [0.1, 0.15) is 0 Å². The molecule has 6 nitrogen and oxygen atoms in total. The van der Waals surface area contributed by atoms with Gasteiger partial charge in [-0.3, -0.25) is 9.71 Å². The molecule has 0 radical (unpaired) electrons. The van der Waals surface area contributed by atoms with Crippen molar-refractivity contribution in [2.75, 3.05) is 4.72 Å². The van der Waals surface area contributed by atoms with E-state index in [1.807, 2.05) is 6.92 Å². The lowest BCUT2D eigenvalue weighted by atomic mass is 10.4. The van der Waals surface area contributed by atoms with Crippen molar-refractivity contribution >= 4 is 27.3 Å². The van der Waals surface area contributed by atoms with Gasteiger partial charge >= 0.3 is 0 Å². The maximum atomic E-state index is 12.0. The second-order valence-electron chi connectivity index (χ2n) is 3.50. The van der Waals surface area contributed by atoms with Gasteiger partial charge in [-0.2, -0.15) is 8.42 Å². The number of anilines is 1. The fourth-order valence-electron chi connectivity index (χ4n) is 1.30. The fourth-order valence-corrected chi connectivity index (χ4v) is 2.53. The minimum absolute atomic E-state index is 0.0516. The number of sulfonamides is 1. The quantitative estimate of drug-likeness (QED) is 0.929. The van der Waals surface area contributed by atoms with E-state index in [1.165, 1.54) is 31.0 Å². The van der Waals surface area contributed by atoms with E-state index in [9.17, 15) is 8.42 Å². The molecule has 0 aliphatic rings. The molecule has 0 unspecified atom stereocenters. The highest BCUT2D eigenvalue weighted by Gasteiger charge is 2.18. The van der Waals surface area contributed by atoms with Gasteiger partial charge in [-0.15, -0.1) is 0 Å². The third kappa shape index (κ3) is 2.62. The Balaban J connectivity index is 2.30. The van der Waals surface area contributed by atoms with Crippen molar-refractivity contribution in [3.8, 4) is 0 Å². The van der Waals surface area contributed by atoms with Gasteiger partial charge < -0.3 is 4.57 Å². The van der Waals surface area contributed by atoms with Gasteiger partial charge in [0.25, 0.3) is 10.0 Å². The Morgan fingerprint density at radius 1 is 1.50 bits per heavy atom. The van der Waals surface area contributed by atoms with E-state index >= 15 is 0 Å². The number of imidazole rings is 1. The van der Waals surface area contributed by atoms with Crippen LogP contribution >= 0.6 is 11.6 Å². The number of rotatable bonds is 4. The van der Waals surface area contributed by atoms with Crippen molar-refractivity contribution in [1.29, 1.82) is 0 Å². The zero-order valence-electron chi connectivity index (χ0n) is 9.54. The Labute approximate surface area is 110 Å². The van der Waals surface area contributed by atoms with Gasteiger partial charge in [-0.25, -0.2) is 4.98 Å². The van der Waals surface area contributed by atoms with Gasteiger partial charge in [0, 0.05) is 18.9 Å². The molecule has 0 aromatic carbocycles. The molecule has 2 heterocycles. The highest BCUT2D eigenvalue weighted by molar-refractivity contribution is 7.92. The number of hydrogen-bond donors (Lipinski definition) is 1. The monoisotopic (exact) mass is 286 g/mol. The minimum atomic E-state index is -3.73. The van der Waals surface area contributed by atoms with E-state index in [2.05, 4.69) is 14.7 Å². The predicted molar refractivity (Wildman–Crippen MR) is 68.0 cm³/mol. The van der Waals surface area contributed by atoms with Crippen molar-refractivity contribution in [1.82, 2.24) is 14.5 Å². The van der Waals surface area contributed by atoms with E-state index in [-0.39, 0.29) is 15.7 Å². The van der Waals surface area contributed by atoms with E-state index in [1.54, 1.807) is 4.57 Å². The first kappa shape index (κ1) is 12.8.